The lowest BCUT2D eigenvalue weighted by Crippen LogP contribution is -2.22. The topological polar surface area (TPSA) is 72.3 Å². The fourth-order valence-electron chi connectivity index (χ4n) is 2.52. The number of rotatable bonds is 3. The summed E-state index contributed by atoms with van der Waals surface area (Å²) in [7, 11) is 0. The molecule has 4 nitrogen and oxygen atoms in total. The van der Waals surface area contributed by atoms with Gasteiger partial charge in [0.15, 0.2) is 0 Å². The molecule has 1 heterocycles. The zero-order valence-electron chi connectivity index (χ0n) is 11.0. The van der Waals surface area contributed by atoms with E-state index in [0.717, 1.165) is 24.7 Å². The molecule has 0 bridgehead atoms. The maximum absolute atomic E-state index is 11.3. The molecule has 0 spiro atoms. The van der Waals surface area contributed by atoms with Crippen molar-refractivity contribution in [3.05, 3.63) is 23.8 Å². The molecule has 1 aromatic rings. The Balaban J connectivity index is 2.20. The molecule has 0 aliphatic carbocycles. The summed E-state index contributed by atoms with van der Waals surface area (Å²) in [5.74, 6) is 0.952. The lowest BCUT2D eigenvalue weighted by molar-refractivity contribution is 0.100. The van der Waals surface area contributed by atoms with Crippen LogP contribution in [-0.4, -0.2) is 19.0 Å². The first-order valence-electron chi connectivity index (χ1n) is 6.43. The van der Waals surface area contributed by atoms with E-state index in [1.807, 2.05) is 6.07 Å². The van der Waals surface area contributed by atoms with E-state index < -0.39 is 5.91 Å². The van der Waals surface area contributed by atoms with E-state index in [-0.39, 0.29) is 0 Å². The number of carbonyl (C=O) groups excluding carboxylic acids is 1. The number of carbonyl (C=O) groups is 1. The van der Waals surface area contributed by atoms with Crippen molar-refractivity contribution >= 4 is 17.3 Å². The minimum absolute atomic E-state index is 0.417. The van der Waals surface area contributed by atoms with Crippen molar-refractivity contribution in [2.24, 2.45) is 17.6 Å². The van der Waals surface area contributed by atoms with Crippen molar-refractivity contribution in [3.63, 3.8) is 0 Å². The maximum atomic E-state index is 11.3. The molecule has 1 amide bonds. The van der Waals surface area contributed by atoms with Gasteiger partial charge in [0.25, 0.3) is 5.91 Å². The van der Waals surface area contributed by atoms with E-state index in [4.69, 9.17) is 11.5 Å². The molecule has 2 rings (SSSR count). The fraction of sp³-hybridized carbons (Fsp3) is 0.500. The van der Waals surface area contributed by atoms with E-state index in [0.29, 0.717) is 17.2 Å². The molecule has 4 N–H and O–H groups in total. The third-order valence-corrected chi connectivity index (χ3v) is 3.83. The lowest BCUT2D eigenvalue weighted by atomic mass is 9.95. The number of nitrogen functional groups attached to an aromatic ring is 1. The van der Waals surface area contributed by atoms with Crippen LogP contribution in [0.4, 0.5) is 11.4 Å². The highest BCUT2D eigenvalue weighted by Crippen LogP contribution is 2.29. The first-order chi connectivity index (χ1) is 8.49. The number of amides is 1. The van der Waals surface area contributed by atoms with Crippen LogP contribution in [0.3, 0.4) is 0 Å². The van der Waals surface area contributed by atoms with Crippen molar-refractivity contribution < 1.29 is 4.79 Å². The average Bonchev–Trinajstić information content (AvgIpc) is 2.78. The minimum atomic E-state index is -0.464. The normalized spacial score (nSPS) is 19.5. The van der Waals surface area contributed by atoms with Crippen LogP contribution in [0.25, 0.3) is 0 Å². The number of nitrogens with zero attached hydrogens (tertiary/aromatic N) is 1. The molecule has 1 unspecified atom stereocenters. The van der Waals surface area contributed by atoms with Gasteiger partial charge in [-0.3, -0.25) is 4.79 Å². The predicted molar refractivity (Wildman–Crippen MR) is 74.5 cm³/mol. The number of hydrogen-bond donors (Lipinski definition) is 2. The molecule has 1 saturated heterocycles. The number of benzene rings is 1. The molecule has 0 saturated carbocycles. The van der Waals surface area contributed by atoms with Gasteiger partial charge < -0.3 is 16.4 Å². The highest BCUT2D eigenvalue weighted by atomic mass is 16.1. The first-order valence-corrected chi connectivity index (χ1v) is 6.43. The monoisotopic (exact) mass is 247 g/mol. The summed E-state index contributed by atoms with van der Waals surface area (Å²) >= 11 is 0. The van der Waals surface area contributed by atoms with Gasteiger partial charge in [-0.1, -0.05) is 13.8 Å². The molecule has 1 aliphatic heterocycles. The van der Waals surface area contributed by atoms with Crippen molar-refractivity contribution in [2.75, 3.05) is 23.7 Å². The largest absolute Gasteiger partial charge is 0.398 e. The second-order valence-electron chi connectivity index (χ2n) is 5.37. The maximum Gasteiger partial charge on any atom is 0.250 e. The summed E-state index contributed by atoms with van der Waals surface area (Å²) in [6, 6.07) is 5.53. The van der Waals surface area contributed by atoms with Crippen LogP contribution in [0.1, 0.15) is 30.6 Å². The standard InChI is InChI=1S/C14H21N3O/c1-9(2)10-5-6-17(8-10)11-3-4-13(15)12(7-11)14(16)18/h3-4,7,9-10H,5-6,8,15H2,1-2H3,(H2,16,18). The number of nitrogens with two attached hydrogens (primary N) is 2. The fourth-order valence-corrected chi connectivity index (χ4v) is 2.52. The molecular weight excluding hydrogens is 226 g/mol. The smallest absolute Gasteiger partial charge is 0.250 e. The van der Waals surface area contributed by atoms with Crippen molar-refractivity contribution in [3.8, 4) is 0 Å². The predicted octanol–water partition coefficient (Wildman–Crippen LogP) is 1.85. The second kappa shape index (κ2) is 4.88. The Hall–Kier alpha value is -1.71. The van der Waals surface area contributed by atoms with Gasteiger partial charge in [0.2, 0.25) is 0 Å². The third-order valence-electron chi connectivity index (χ3n) is 3.83. The zero-order valence-corrected chi connectivity index (χ0v) is 11.0. The van der Waals surface area contributed by atoms with Gasteiger partial charge in [-0.2, -0.15) is 0 Å². The lowest BCUT2D eigenvalue weighted by Gasteiger charge is -2.21. The highest BCUT2D eigenvalue weighted by Gasteiger charge is 2.25. The molecule has 18 heavy (non-hydrogen) atoms. The van der Waals surface area contributed by atoms with E-state index in [9.17, 15) is 4.79 Å². The van der Waals surface area contributed by atoms with Crippen LogP contribution in [0.15, 0.2) is 18.2 Å². The van der Waals surface area contributed by atoms with Gasteiger partial charge in [-0.25, -0.2) is 0 Å². The number of primary amides is 1. The Morgan fingerprint density at radius 2 is 2.17 bits per heavy atom. The Morgan fingerprint density at radius 1 is 1.44 bits per heavy atom. The number of anilines is 2. The van der Waals surface area contributed by atoms with E-state index in [1.54, 1.807) is 12.1 Å². The number of hydrogen-bond acceptors (Lipinski definition) is 3. The molecule has 0 aromatic heterocycles. The van der Waals surface area contributed by atoms with Crippen molar-refractivity contribution in [2.45, 2.75) is 20.3 Å². The molecule has 0 radical (unpaired) electrons. The average molecular weight is 247 g/mol. The SMILES string of the molecule is CC(C)C1CCN(c2ccc(N)c(C(N)=O)c2)C1. The third kappa shape index (κ3) is 2.42. The molecular formula is C14H21N3O. The van der Waals surface area contributed by atoms with E-state index in [1.165, 1.54) is 6.42 Å². The molecule has 4 heteroatoms. The summed E-state index contributed by atoms with van der Waals surface area (Å²) in [4.78, 5) is 13.6. The Morgan fingerprint density at radius 3 is 2.72 bits per heavy atom. The Labute approximate surface area is 108 Å². The quantitative estimate of drug-likeness (QED) is 0.801. The zero-order chi connectivity index (χ0) is 13.3. The van der Waals surface area contributed by atoms with Crippen LogP contribution in [0, 0.1) is 11.8 Å². The van der Waals surface area contributed by atoms with E-state index in [2.05, 4.69) is 18.7 Å². The van der Waals surface area contributed by atoms with Gasteiger partial charge >= 0.3 is 0 Å². The van der Waals surface area contributed by atoms with Crippen molar-refractivity contribution in [1.29, 1.82) is 0 Å². The van der Waals surface area contributed by atoms with Gasteiger partial charge in [-0.15, -0.1) is 0 Å². The molecule has 1 fully saturated rings. The second-order valence-corrected chi connectivity index (χ2v) is 5.37. The van der Waals surface area contributed by atoms with Crippen LogP contribution in [-0.2, 0) is 0 Å². The summed E-state index contributed by atoms with van der Waals surface area (Å²) in [6.45, 7) is 6.59. The van der Waals surface area contributed by atoms with Gasteiger partial charge in [-0.05, 0) is 36.5 Å². The van der Waals surface area contributed by atoms with Crippen LogP contribution >= 0.6 is 0 Å². The summed E-state index contributed by atoms with van der Waals surface area (Å²) in [5.41, 5.74) is 13.0. The van der Waals surface area contributed by atoms with Crippen LogP contribution in [0.5, 0.6) is 0 Å². The highest BCUT2D eigenvalue weighted by molar-refractivity contribution is 5.99. The van der Waals surface area contributed by atoms with Crippen molar-refractivity contribution in [1.82, 2.24) is 0 Å². The molecule has 1 atom stereocenters. The Bertz CT molecular complexity index is 456. The summed E-state index contributed by atoms with van der Waals surface area (Å²) in [5, 5.41) is 0. The van der Waals surface area contributed by atoms with Crippen LogP contribution < -0.4 is 16.4 Å². The summed E-state index contributed by atoms with van der Waals surface area (Å²) < 4.78 is 0. The van der Waals surface area contributed by atoms with E-state index >= 15 is 0 Å². The summed E-state index contributed by atoms with van der Waals surface area (Å²) in [6.07, 6.45) is 1.20. The van der Waals surface area contributed by atoms with Gasteiger partial charge in [0.1, 0.15) is 0 Å². The first kappa shape index (κ1) is 12.7. The molecule has 1 aliphatic rings. The van der Waals surface area contributed by atoms with Crippen LogP contribution in [0.2, 0.25) is 0 Å². The Kier molecular flexibility index (Phi) is 3.45. The molecule has 1 aromatic carbocycles. The molecule has 98 valence electrons. The van der Waals surface area contributed by atoms with Gasteiger partial charge in [0.05, 0.1) is 5.56 Å². The minimum Gasteiger partial charge on any atom is -0.398 e. The van der Waals surface area contributed by atoms with Gasteiger partial charge in [0, 0.05) is 24.5 Å².